The van der Waals surface area contributed by atoms with Gasteiger partial charge in [0.25, 0.3) is 0 Å². The van der Waals surface area contributed by atoms with E-state index in [1.54, 1.807) is 0 Å². The number of amides is 1. The summed E-state index contributed by atoms with van der Waals surface area (Å²) in [5, 5.41) is 3.43. The molecule has 2 heterocycles. The largest absolute Gasteiger partial charge is 0.341 e. The second kappa shape index (κ2) is 7.99. The zero-order chi connectivity index (χ0) is 14.4. The Kier molecular flexibility index (Phi) is 6.30. The molecule has 2 atom stereocenters. The molecule has 2 unspecified atom stereocenters. The van der Waals surface area contributed by atoms with Crippen molar-refractivity contribution < 1.29 is 4.79 Å². The standard InChI is InChI=1S/C16H31N3O/c1-3-10-19(15-8-9-17-13-15)14(2)16(20)18-11-6-4-5-7-12-18/h14-15,17H,3-13H2,1-2H3. The van der Waals surface area contributed by atoms with Crippen molar-refractivity contribution in [2.45, 2.75) is 64.5 Å². The minimum absolute atomic E-state index is 0.0398. The highest BCUT2D eigenvalue weighted by atomic mass is 16.2. The van der Waals surface area contributed by atoms with Gasteiger partial charge in [-0.3, -0.25) is 9.69 Å². The molecular formula is C16H31N3O. The first-order valence-corrected chi connectivity index (χ1v) is 8.49. The Bertz CT molecular complexity index is 294. The van der Waals surface area contributed by atoms with Gasteiger partial charge in [-0.2, -0.15) is 0 Å². The average Bonchev–Trinajstić information content (AvgIpc) is 2.85. The highest BCUT2D eigenvalue weighted by Crippen LogP contribution is 2.17. The van der Waals surface area contributed by atoms with Crippen LogP contribution >= 0.6 is 0 Å². The van der Waals surface area contributed by atoms with Crippen LogP contribution in [0.25, 0.3) is 0 Å². The molecule has 0 spiro atoms. The van der Waals surface area contributed by atoms with E-state index in [1.165, 1.54) is 32.1 Å². The molecule has 1 amide bonds. The van der Waals surface area contributed by atoms with Gasteiger partial charge < -0.3 is 10.2 Å². The van der Waals surface area contributed by atoms with Crippen LogP contribution in [0.4, 0.5) is 0 Å². The summed E-state index contributed by atoms with van der Waals surface area (Å²) in [6.45, 7) is 9.41. The minimum atomic E-state index is 0.0398. The topological polar surface area (TPSA) is 35.6 Å². The number of rotatable bonds is 5. The van der Waals surface area contributed by atoms with Crippen molar-refractivity contribution in [1.29, 1.82) is 0 Å². The van der Waals surface area contributed by atoms with Gasteiger partial charge in [0.05, 0.1) is 6.04 Å². The molecule has 116 valence electrons. The monoisotopic (exact) mass is 281 g/mol. The molecular weight excluding hydrogens is 250 g/mol. The molecule has 2 rings (SSSR count). The summed E-state index contributed by atoms with van der Waals surface area (Å²) in [5.41, 5.74) is 0. The molecule has 20 heavy (non-hydrogen) atoms. The molecule has 0 aliphatic carbocycles. The second-order valence-electron chi connectivity index (χ2n) is 6.30. The molecule has 4 nitrogen and oxygen atoms in total. The van der Waals surface area contributed by atoms with Crippen molar-refractivity contribution in [1.82, 2.24) is 15.1 Å². The van der Waals surface area contributed by atoms with Gasteiger partial charge in [-0.15, -0.1) is 0 Å². The number of hydrogen-bond acceptors (Lipinski definition) is 3. The lowest BCUT2D eigenvalue weighted by atomic mass is 10.1. The van der Waals surface area contributed by atoms with E-state index >= 15 is 0 Å². The maximum Gasteiger partial charge on any atom is 0.239 e. The summed E-state index contributed by atoms with van der Waals surface area (Å²) in [5.74, 6) is 0.354. The summed E-state index contributed by atoms with van der Waals surface area (Å²) in [4.78, 5) is 17.3. The lowest BCUT2D eigenvalue weighted by Gasteiger charge is -2.35. The molecule has 0 aromatic carbocycles. The first kappa shape index (κ1) is 15.8. The van der Waals surface area contributed by atoms with E-state index in [9.17, 15) is 4.79 Å². The predicted molar refractivity (Wildman–Crippen MR) is 82.8 cm³/mol. The quantitative estimate of drug-likeness (QED) is 0.835. The smallest absolute Gasteiger partial charge is 0.239 e. The molecule has 0 bridgehead atoms. The van der Waals surface area contributed by atoms with Gasteiger partial charge in [0, 0.05) is 25.7 Å². The molecule has 2 aliphatic rings. The third kappa shape index (κ3) is 3.95. The summed E-state index contributed by atoms with van der Waals surface area (Å²) < 4.78 is 0. The minimum Gasteiger partial charge on any atom is -0.341 e. The SMILES string of the molecule is CCCN(C1CCNC1)C(C)C(=O)N1CCCCCC1. The maximum atomic E-state index is 12.8. The van der Waals surface area contributed by atoms with Gasteiger partial charge in [0.2, 0.25) is 5.91 Å². The van der Waals surface area contributed by atoms with Crippen molar-refractivity contribution in [3.63, 3.8) is 0 Å². The molecule has 0 aromatic rings. The number of nitrogens with one attached hydrogen (secondary N) is 1. The summed E-state index contributed by atoms with van der Waals surface area (Å²) >= 11 is 0. The van der Waals surface area contributed by atoms with Gasteiger partial charge in [-0.1, -0.05) is 19.8 Å². The van der Waals surface area contributed by atoms with Crippen LogP contribution in [0.3, 0.4) is 0 Å². The third-order valence-corrected chi connectivity index (χ3v) is 4.76. The molecule has 2 aliphatic heterocycles. The first-order chi connectivity index (χ1) is 9.74. The van der Waals surface area contributed by atoms with E-state index in [0.717, 1.165) is 39.1 Å². The summed E-state index contributed by atoms with van der Waals surface area (Å²) in [6, 6.07) is 0.582. The number of likely N-dealkylation sites (tertiary alicyclic amines) is 1. The number of carbonyl (C=O) groups excluding carboxylic acids is 1. The van der Waals surface area contributed by atoms with Crippen molar-refractivity contribution in [2.24, 2.45) is 0 Å². The van der Waals surface area contributed by atoms with Crippen molar-refractivity contribution in [3.05, 3.63) is 0 Å². The van der Waals surface area contributed by atoms with Gasteiger partial charge in [0.1, 0.15) is 0 Å². The normalized spacial score (nSPS) is 25.8. The number of nitrogens with zero attached hydrogens (tertiary/aromatic N) is 2. The molecule has 4 heteroatoms. The van der Waals surface area contributed by atoms with Gasteiger partial charge in [-0.25, -0.2) is 0 Å². The number of hydrogen-bond donors (Lipinski definition) is 1. The van der Waals surface area contributed by atoms with Crippen LogP contribution in [-0.4, -0.2) is 60.5 Å². The van der Waals surface area contributed by atoms with Crippen LogP contribution < -0.4 is 5.32 Å². The van der Waals surface area contributed by atoms with Gasteiger partial charge in [-0.05, 0) is 45.7 Å². The first-order valence-electron chi connectivity index (χ1n) is 8.49. The lowest BCUT2D eigenvalue weighted by Crippen LogP contribution is -2.52. The van der Waals surface area contributed by atoms with Crippen molar-refractivity contribution in [2.75, 3.05) is 32.7 Å². The van der Waals surface area contributed by atoms with E-state index in [-0.39, 0.29) is 6.04 Å². The van der Waals surface area contributed by atoms with Crippen LogP contribution in [0, 0.1) is 0 Å². The lowest BCUT2D eigenvalue weighted by molar-refractivity contribution is -0.137. The second-order valence-corrected chi connectivity index (χ2v) is 6.30. The van der Waals surface area contributed by atoms with E-state index in [1.807, 2.05) is 0 Å². The Morgan fingerprint density at radius 3 is 2.55 bits per heavy atom. The molecule has 0 aromatic heterocycles. The van der Waals surface area contributed by atoms with Gasteiger partial charge >= 0.3 is 0 Å². The Balaban J connectivity index is 1.97. The zero-order valence-electron chi connectivity index (χ0n) is 13.2. The fourth-order valence-electron chi connectivity index (χ4n) is 3.57. The van der Waals surface area contributed by atoms with Crippen LogP contribution in [0.2, 0.25) is 0 Å². The van der Waals surface area contributed by atoms with Crippen molar-refractivity contribution >= 4 is 5.91 Å². The molecule has 0 saturated carbocycles. The number of carbonyl (C=O) groups is 1. The molecule has 1 N–H and O–H groups in total. The Hall–Kier alpha value is -0.610. The fourth-order valence-corrected chi connectivity index (χ4v) is 3.57. The van der Waals surface area contributed by atoms with Crippen LogP contribution in [-0.2, 0) is 4.79 Å². The fraction of sp³-hybridized carbons (Fsp3) is 0.938. The predicted octanol–water partition coefficient (Wildman–Crippen LogP) is 1.85. The Morgan fingerprint density at radius 2 is 2.00 bits per heavy atom. The van der Waals surface area contributed by atoms with Gasteiger partial charge in [0.15, 0.2) is 0 Å². The van der Waals surface area contributed by atoms with Crippen LogP contribution in [0.1, 0.15) is 52.4 Å². The van der Waals surface area contributed by atoms with Crippen LogP contribution in [0.5, 0.6) is 0 Å². The molecule has 0 radical (unpaired) electrons. The Labute approximate surface area is 123 Å². The summed E-state index contributed by atoms with van der Waals surface area (Å²) in [6.07, 6.45) is 7.22. The highest BCUT2D eigenvalue weighted by molar-refractivity contribution is 5.81. The molecule has 2 saturated heterocycles. The zero-order valence-corrected chi connectivity index (χ0v) is 13.2. The molecule has 2 fully saturated rings. The van der Waals surface area contributed by atoms with E-state index in [0.29, 0.717) is 11.9 Å². The average molecular weight is 281 g/mol. The summed E-state index contributed by atoms with van der Waals surface area (Å²) in [7, 11) is 0. The van der Waals surface area contributed by atoms with Crippen LogP contribution in [0.15, 0.2) is 0 Å². The third-order valence-electron chi connectivity index (χ3n) is 4.76. The maximum absolute atomic E-state index is 12.8. The van der Waals surface area contributed by atoms with E-state index < -0.39 is 0 Å². The van der Waals surface area contributed by atoms with Crippen molar-refractivity contribution in [3.8, 4) is 0 Å². The van der Waals surface area contributed by atoms with E-state index in [2.05, 4.69) is 29.0 Å². The highest BCUT2D eigenvalue weighted by Gasteiger charge is 2.31. The van der Waals surface area contributed by atoms with E-state index in [4.69, 9.17) is 0 Å². The Morgan fingerprint density at radius 1 is 1.30 bits per heavy atom.